The molecule has 0 aliphatic carbocycles. The summed E-state index contributed by atoms with van der Waals surface area (Å²) in [4.78, 5) is 5.17. The van der Waals surface area contributed by atoms with E-state index in [-0.39, 0.29) is 0 Å². The van der Waals surface area contributed by atoms with Crippen molar-refractivity contribution in [2.45, 2.75) is 51.0 Å². The molecule has 2 aliphatic rings. The van der Waals surface area contributed by atoms with Crippen LogP contribution in [0, 0.1) is 6.42 Å². The van der Waals surface area contributed by atoms with Crippen LogP contribution in [0.4, 0.5) is 0 Å². The van der Waals surface area contributed by atoms with Gasteiger partial charge in [-0.15, -0.1) is 0 Å². The number of hydrogen-bond donors (Lipinski definition) is 0. The lowest BCUT2D eigenvalue weighted by Gasteiger charge is -2.33. The molecular weight excluding hydrogens is 196 g/mol. The summed E-state index contributed by atoms with van der Waals surface area (Å²) in [5, 5.41) is 0. The first-order chi connectivity index (χ1) is 7.86. The minimum atomic E-state index is 0.832. The molecule has 2 fully saturated rings. The van der Waals surface area contributed by atoms with Gasteiger partial charge < -0.3 is 9.80 Å². The van der Waals surface area contributed by atoms with E-state index in [1.165, 1.54) is 71.1 Å². The molecule has 2 rings (SSSR count). The second-order valence-electron chi connectivity index (χ2n) is 5.52. The third-order valence-corrected chi connectivity index (χ3v) is 4.20. The summed E-state index contributed by atoms with van der Waals surface area (Å²) in [5.41, 5.74) is 0. The molecule has 1 unspecified atom stereocenters. The molecule has 1 radical (unpaired) electrons. The van der Waals surface area contributed by atoms with Crippen molar-refractivity contribution in [2.75, 3.05) is 33.2 Å². The number of likely N-dealkylation sites (tertiary alicyclic amines) is 2. The summed E-state index contributed by atoms with van der Waals surface area (Å²) in [5.74, 6) is 0. The predicted molar refractivity (Wildman–Crippen MR) is 69.5 cm³/mol. The summed E-state index contributed by atoms with van der Waals surface area (Å²) in [6.07, 6.45) is 12.3. The molecule has 2 heteroatoms. The largest absolute Gasteiger partial charge is 0.303 e. The second kappa shape index (κ2) is 6.61. The average molecular weight is 223 g/mol. The highest BCUT2D eigenvalue weighted by Gasteiger charge is 2.18. The van der Waals surface area contributed by atoms with Gasteiger partial charge >= 0.3 is 0 Å². The first kappa shape index (κ1) is 12.4. The highest BCUT2D eigenvalue weighted by Crippen LogP contribution is 2.19. The van der Waals surface area contributed by atoms with Gasteiger partial charge in [0, 0.05) is 12.6 Å². The highest BCUT2D eigenvalue weighted by atomic mass is 15.1. The van der Waals surface area contributed by atoms with Crippen molar-refractivity contribution in [1.29, 1.82) is 0 Å². The molecule has 0 aromatic carbocycles. The van der Waals surface area contributed by atoms with Crippen molar-refractivity contribution in [2.24, 2.45) is 0 Å². The Bertz CT molecular complexity index is 187. The first-order valence-corrected chi connectivity index (χ1v) is 7.10. The minimum absolute atomic E-state index is 0.832. The van der Waals surface area contributed by atoms with Crippen LogP contribution in [-0.4, -0.2) is 49.1 Å². The molecule has 0 aromatic heterocycles. The molecule has 0 N–H and O–H groups in total. The van der Waals surface area contributed by atoms with E-state index in [0.29, 0.717) is 0 Å². The monoisotopic (exact) mass is 223 g/mol. The molecule has 2 saturated heterocycles. The Morgan fingerprint density at radius 1 is 1.00 bits per heavy atom. The summed E-state index contributed by atoms with van der Waals surface area (Å²) >= 11 is 0. The topological polar surface area (TPSA) is 6.48 Å². The molecule has 93 valence electrons. The maximum atomic E-state index is 2.62. The predicted octanol–water partition coefficient (Wildman–Crippen LogP) is 2.55. The van der Waals surface area contributed by atoms with Gasteiger partial charge in [-0.1, -0.05) is 12.8 Å². The van der Waals surface area contributed by atoms with Crippen LogP contribution in [0.3, 0.4) is 0 Å². The third kappa shape index (κ3) is 3.74. The van der Waals surface area contributed by atoms with E-state index < -0.39 is 0 Å². The van der Waals surface area contributed by atoms with E-state index in [4.69, 9.17) is 0 Å². The van der Waals surface area contributed by atoms with Crippen LogP contribution in [0.1, 0.15) is 44.9 Å². The van der Waals surface area contributed by atoms with Gasteiger partial charge in [0.2, 0.25) is 0 Å². The van der Waals surface area contributed by atoms with Crippen molar-refractivity contribution >= 4 is 0 Å². The minimum Gasteiger partial charge on any atom is -0.303 e. The number of nitrogens with zero attached hydrogens (tertiary/aromatic N) is 2. The Morgan fingerprint density at radius 2 is 1.75 bits per heavy atom. The fourth-order valence-electron chi connectivity index (χ4n) is 3.03. The molecule has 0 aromatic rings. The van der Waals surface area contributed by atoms with Crippen LogP contribution in [0.5, 0.6) is 0 Å². The standard InChI is InChI=1S/C14H27N2/c1-15-10-6-3-8-14(15)9-7-13-16-11-4-2-5-12-16/h7,14H,2-6,8-13H2,1H3. The molecule has 0 spiro atoms. The normalized spacial score (nSPS) is 29.4. The number of piperidine rings is 2. The maximum absolute atomic E-state index is 2.62. The average Bonchev–Trinajstić information content (AvgIpc) is 2.33. The molecule has 2 nitrogen and oxygen atoms in total. The van der Waals surface area contributed by atoms with Crippen LogP contribution in [0.15, 0.2) is 0 Å². The lowest BCUT2D eigenvalue weighted by molar-refractivity contribution is 0.177. The van der Waals surface area contributed by atoms with Gasteiger partial charge in [0.15, 0.2) is 0 Å². The van der Waals surface area contributed by atoms with Gasteiger partial charge in [-0.25, -0.2) is 0 Å². The van der Waals surface area contributed by atoms with Gasteiger partial charge in [-0.05, 0) is 65.2 Å². The van der Waals surface area contributed by atoms with E-state index in [2.05, 4.69) is 23.3 Å². The Balaban J connectivity index is 1.59. The quantitative estimate of drug-likeness (QED) is 0.723. The smallest absolute Gasteiger partial charge is 0.00954 e. The first-order valence-electron chi connectivity index (χ1n) is 7.10. The summed E-state index contributed by atoms with van der Waals surface area (Å²) < 4.78 is 0. The number of hydrogen-bond acceptors (Lipinski definition) is 2. The van der Waals surface area contributed by atoms with Crippen LogP contribution in [0.2, 0.25) is 0 Å². The molecule has 2 aliphatic heterocycles. The van der Waals surface area contributed by atoms with Crippen molar-refractivity contribution in [3.05, 3.63) is 6.42 Å². The Kier molecular flexibility index (Phi) is 5.11. The molecule has 0 saturated carbocycles. The maximum Gasteiger partial charge on any atom is 0.00954 e. The van der Waals surface area contributed by atoms with Gasteiger partial charge in [0.25, 0.3) is 0 Å². The zero-order chi connectivity index (χ0) is 11.2. The molecule has 16 heavy (non-hydrogen) atoms. The zero-order valence-electron chi connectivity index (χ0n) is 10.8. The highest BCUT2D eigenvalue weighted by molar-refractivity contribution is 4.83. The Labute approximate surface area is 101 Å². The fourth-order valence-corrected chi connectivity index (χ4v) is 3.03. The van der Waals surface area contributed by atoms with E-state index in [1.54, 1.807) is 0 Å². The van der Waals surface area contributed by atoms with Crippen LogP contribution >= 0.6 is 0 Å². The van der Waals surface area contributed by atoms with Gasteiger partial charge in [0.1, 0.15) is 0 Å². The van der Waals surface area contributed by atoms with Crippen molar-refractivity contribution in [3.8, 4) is 0 Å². The van der Waals surface area contributed by atoms with Crippen molar-refractivity contribution in [1.82, 2.24) is 9.80 Å². The third-order valence-electron chi connectivity index (χ3n) is 4.20. The summed E-state index contributed by atoms with van der Waals surface area (Å²) in [7, 11) is 2.29. The van der Waals surface area contributed by atoms with Gasteiger partial charge in [-0.3, -0.25) is 0 Å². The van der Waals surface area contributed by atoms with Gasteiger partial charge in [-0.2, -0.15) is 0 Å². The van der Waals surface area contributed by atoms with Crippen LogP contribution < -0.4 is 0 Å². The van der Waals surface area contributed by atoms with E-state index >= 15 is 0 Å². The van der Waals surface area contributed by atoms with E-state index in [0.717, 1.165) is 6.04 Å². The van der Waals surface area contributed by atoms with Crippen LogP contribution in [-0.2, 0) is 0 Å². The summed E-state index contributed by atoms with van der Waals surface area (Å²) in [6, 6.07) is 0.832. The molecule has 1 atom stereocenters. The lowest BCUT2D eigenvalue weighted by atomic mass is 9.98. The Morgan fingerprint density at radius 3 is 2.50 bits per heavy atom. The zero-order valence-corrected chi connectivity index (χ0v) is 10.8. The summed E-state index contributed by atoms with van der Waals surface area (Å²) in [6.45, 7) is 5.20. The van der Waals surface area contributed by atoms with Crippen molar-refractivity contribution in [3.63, 3.8) is 0 Å². The second-order valence-corrected chi connectivity index (χ2v) is 5.52. The molecule has 2 heterocycles. The van der Waals surface area contributed by atoms with Gasteiger partial charge in [0.05, 0.1) is 0 Å². The molecule has 0 amide bonds. The SMILES string of the molecule is CN1CCCCC1C[CH]CN1CCCCC1. The lowest BCUT2D eigenvalue weighted by Crippen LogP contribution is -2.37. The van der Waals surface area contributed by atoms with Crippen LogP contribution in [0.25, 0.3) is 0 Å². The molecule has 0 bridgehead atoms. The van der Waals surface area contributed by atoms with E-state index in [1.807, 2.05) is 0 Å². The fraction of sp³-hybridized carbons (Fsp3) is 0.929. The van der Waals surface area contributed by atoms with E-state index in [9.17, 15) is 0 Å². The number of rotatable bonds is 4. The Hall–Kier alpha value is -0.0800. The van der Waals surface area contributed by atoms with Crippen molar-refractivity contribution < 1.29 is 0 Å². The molecular formula is C14H27N2.